The third kappa shape index (κ3) is 3.78. The molecular formula is C15H21NO3. The Morgan fingerprint density at radius 1 is 1.42 bits per heavy atom. The number of hydrogen-bond acceptors (Lipinski definition) is 3. The summed E-state index contributed by atoms with van der Waals surface area (Å²) in [5, 5.41) is 12.5. The first kappa shape index (κ1) is 14.0. The van der Waals surface area contributed by atoms with Crippen molar-refractivity contribution in [2.45, 2.75) is 25.3 Å². The SMILES string of the molecule is COCCC1(CNC(C(=O)O)c2ccccc2)CC1. The van der Waals surface area contributed by atoms with Crippen LogP contribution in [0.5, 0.6) is 0 Å². The van der Waals surface area contributed by atoms with Gasteiger partial charge in [0.1, 0.15) is 6.04 Å². The van der Waals surface area contributed by atoms with E-state index in [0.29, 0.717) is 0 Å². The van der Waals surface area contributed by atoms with Crippen molar-refractivity contribution in [2.75, 3.05) is 20.3 Å². The van der Waals surface area contributed by atoms with E-state index in [1.165, 1.54) is 0 Å². The quantitative estimate of drug-likeness (QED) is 0.755. The van der Waals surface area contributed by atoms with E-state index in [1.807, 2.05) is 30.3 Å². The highest BCUT2D eigenvalue weighted by Crippen LogP contribution is 2.48. The second-order valence-corrected chi connectivity index (χ2v) is 5.31. The fraction of sp³-hybridized carbons (Fsp3) is 0.533. The number of carboxylic acids is 1. The molecule has 0 heterocycles. The molecule has 0 radical (unpaired) electrons. The molecule has 1 aromatic carbocycles. The first-order chi connectivity index (χ1) is 9.17. The summed E-state index contributed by atoms with van der Waals surface area (Å²) in [6, 6.07) is 8.70. The smallest absolute Gasteiger partial charge is 0.325 e. The van der Waals surface area contributed by atoms with E-state index in [1.54, 1.807) is 7.11 Å². The summed E-state index contributed by atoms with van der Waals surface area (Å²) in [6.45, 7) is 1.48. The number of benzene rings is 1. The largest absolute Gasteiger partial charge is 0.480 e. The Labute approximate surface area is 113 Å². The molecule has 0 amide bonds. The summed E-state index contributed by atoms with van der Waals surface area (Å²) < 4.78 is 5.11. The highest BCUT2D eigenvalue weighted by Gasteiger charge is 2.42. The van der Waals surface area contributed by atoms with Crippen LogP contribution in [-0.2, 0) is 9.53 Å². The van der Waals surface area contributed by atoms with Crippen LogP contribution in [0.25, 0.3) is 0 Å². The van der Waals surface area contributed by atoms with E-state index in [-0.39, 0.29) is 5.41 Å². The van der Waals surface area contributed by atoms with Crippen LogP contribution in [0.4, 0.5) is 0 Å². The molecule has 1 saturated carbocycles. The van der Waals surface area contributed by atoms with Crippen molar-refractivity contribution in [3.63, 3.8) is 0 Å². The minimum atomic E-state index is -0.825. The first-order valence-electron chi connectivity index (χ1n) is 6.67. The molecule has 1 fully saturated rings. The highest BCUT2D eigenvalue weighted by molar-refractivity contribution is 5.75. The zero-order valence-corrected chi connectivity index (χ0v) is 11.3. The van der Waals surface area contributed by atoms with Gasteiger partial charge in [0.2, 0.25) is 0 Å². The van der Waals surface area contributed by atoms with Gasteiger partial charge in [-0.1, -0.05) is 30.3 Å². The molecule has 1 unspecified atom stereocenters. The minimum Gasteiger partial charge on any atom is -0.480 e. The summed E-state index contributed by atoms with van der Waals surface area (Å²) in [4.78, 5) is 11.4. The van der Waals surface area contributed by atoms with E-state index in [9.17, 15) is 9.90 Å². The van der Waals surface area contributed by atoms with Crippen LogP contribution in [-0.4, -0.2) is 31.3 Å². The average Bonchev–Trinajstić information content (AvgIpc) is 3.18. The Morgan fingerprint density at radius 2 is 2.11 bits per heavy atom. The van der Waals surface area contributed by atoms with Gasteiger partial charge in [0, 0.05) is 20.3 Å². The molecule has 104 valence electrons. The molecule has 0 bridgehead atoms. The maximum Gasteiger partial charge on any atom is 0.325 e. The number of hydrogen-bond donors (Lipinski definition) is 2. The molecule has 1 aliphatic carbocycles. The van der Waals surface area contributed by atoms with Gasteiger partial charge < -0.3 is 15.2 Å². The van der Waals surface area contributed by atoms with Crippen LogP contribution in [0.15, 0.2) is 30.3 Å². The van der Waals surface area contributed by atoms with E-state index < -0.39 is 12.0 Å². The second-order valence-electron chi connectivity index (χ2n) is 5.31. The van der Waals surface area contributed by atoms with Gasteiger partial charge in [0.05, 0.1) is 0 Å². The number of carboxylic acid groups (broad SMARTS) is 1. The van der Waals surface area contributed by atoms with Crippen molar-refractivity contribution in [3.8, 4) is 0 Å². The fourth-order valence-electron chi connectivity index (χ4n) is 2.32. The Bertz CT molecular complexity index is 415. The number of ether oxygens (including phenoxy) is 1. The topological polar surface area (TPSA) is 58.6 Å². The zero-order chi connectivity index (χ0) is 13.7. The summed E-state index contributed by atoms with van der Waals surface area (Å²) >= 11 is 0. The molecule has 4 nitrogen and oxygen atoms in total. The van der Waals surface area contributed by atoms with Crippen LogP contribution < -0.4 is 5.32 Å². The molecule has 0 aromatic heterocycles. The average molecular weight is 263 g/mol. The Balaban J connectivity index is 1.93. The molecular weight excluding hydrogens is 242 g/mol. The van der Waals surface area contributed by atoms with Gasteiger partial charge in [0.25, 0.3) is 0 Å². The Hall–Kier alpha value is -1.39. The summed E-state index contributed by atoms with van der Waals surface area (Å²) in [5.74, 6) is -0.825. The van der Waals surface area contributed by atoms with Crippen LogP contribution in [0.3, 0.4) is 0 Å². The number of aliphatic carboxylic acids is 1. The van der Waals surface area contributed by atoms with Gasteiger partial charge in [-0.3, -0.25) is 4.79 Å². The molecule has 1 atom stereocenters. The maximum absolute atomic E-state index is 11.4. The lowest BCUT2D eigenvalue weighted by atomic mass is 10.0. The van der Waals surface area contributed by atoms with Crippen molar-refractivity contribution in [2.24, 2.45) is 5.41 Å². The van der Waals surface area contributed by atoms with Crippen LogP contribution in [0.2, 0.25) is 0 Å². The van der Waals surface area contributed by atoms with Crippen molar-refractivity contribution in [1.29, 1.82) is 0 Å². The molecule has 0 spiro atoms. The summed E-state index contributed by atoms with van der Waals surface area (Å²) in [6.07, 6.45) is 3.31. The second kappa shape index (κ2) is 6.17. The Kier molecular flexibility index (Phi) is 4.56. The Morgan fingerprint density at radius 3 is 2.63 bits per heavy atom. The van der Waals surface area contributed by atoms with Gasteiger partial charge in [-0.15, -0.1) is 0 Å². The van der Waals surface area contributed by atoms with Crippen LogP contribution in [0.1, 0.15) is 30.9 Å². The lowest BCUT2D eigenvalue weighted by molar-refractivity contribution is -0.139. The molecule has 19 heavy (non-hydrogen) atoms. The van der Waals surface area contributed by atoms with Crippen molar-refractivity contribution >= 4 is 5.97 Å². The van der Waals surface area contributed by atoms with Gasteiger partial charge in [-0.2, -0.15) is 0 Å². The molecule has 2 rings (SSSR count). The maximum atomic E-state index is 11.4. The molecule has 0 aliphatic heterocycles. The number of methoxy groups -OCH3 is 1. The monoisotopic (exact) mass is 263 g/mol. The predicted molar refractivity (Wildman–Crippen MR) is 73.0 cm³/mol. The normalized spacial score (nSPS) is 17.9. The van der Waals surface area contributed by atoms with Gasteiger partial charge >= 0.3 is 5.97 Å². The number of carbonyl (C=O) groups is 1. The summed E-state index contributed by atoms with van der Waals surface area (Å²) in [5.41, 5.74) is 1.05. The lowest BCUT2D eigenvalue weighted by Crippen LogP contribution is -2.33. The van der Waals surface area contributed by atoms with Crippen molar-refractivity contribution in [1.82, 2.24) is 5.32 Å². The fourth-order valence-corrected chi connectivity index (χ4v) is 2.32. The van der Waals surface area contributed by atoms with Crippen LogP contribution in [0, 0.1) is 5.41 Å². The van der Waals surface area contributed by atoms with Crippen molar-refractivity contribution in [3.05, 3.63) is 35.9 Å². The van der Waals surface area contributed by atoms with Crippen LogP contribution >= 0.6 is 0 Å². The molecule has 2 N–H and O–H groups in total. The number of nitrogens with one attached hydrogen (secondary N) is 1. The lowest BCUT2D eigenvalue weighted by Gasteiger charge is -2.20. The molecule has 1 aromatic rings. The van der Waals surface area contributed by atoms with Gasteiger partial charge in [0.15, 0.2) is 0 Å². The summed E-state index contributed by atoms with van der Waals surface area (Å²) in [7, 11) is 1.70. The molecule has 0 saturated heterocycles. The van der Waals surface area contributed by atoms with Crippen molar-refractivity contribution < 1.29 is 14.6 Å². The molecule has 4 heteroatoms. The van der Waals surface area contributed by atoms with Gasteiger partial charge in [-0.25, -0.2) is 0 Å². The zero-order valence-electron chi connectivity index (χ0n) is 11.3. The van der Waals surface area contributed by atoms with E-state index in [4.69, 9.17) is 4.74 Å². The predicted octanol–water partition coefficient (Wildman–Crippen LogP) is 2.22. The van der Waals surface area contributed by atoms with E-state index in [0.717, 1.165) is 38.0 Å². The van der Waals surface area contributed by atoms with E-state index >= 15 is 0 Å². The number of rotatable bonds is 8. The van der Waals surface area contributed by atoms with Gasteiger partial charge in [-0.05, 0) is 30.2 Å². The third-order valence-electron chi connectivity index (χ3n) is 3.85. The van der Waals surface area contributed by atoms with E-state index in [2.05, 4.69) is 5.32 Å². The standard InChI is InChI=1S/C15H21NO3/c1-19-10-9-15(7-8-15)11-16-13(14(17)18)12-5-3-2-4-6-12/h2-6,13,16H,7-11H2,1H3,(H,17,18). The molecule has 1 aliphatic rings. The minimum absolute atomic E-state index is 0.249. The third-order valence-corrected chi connectivity index (χ3v) is 3.85. The highest BCUT2D eigenvalue weighted by atomic mass is 16.5. The first-order valence-corrected chi connectivity index (χ1v) is 6.67.